The summed E-state index contributed by atoms with van der Waals surface area (Å²) in [5.74, 6) is 3.64. The van der Waals surface area contributed by atoms with E-state index in [-0.39, 0.29) is 10.1 Å². The van der Waals surface area contributed by atoms with Gasteiger partial charge in [-0.1, -0.05) is 91.5 Å². The summed E-state index contributed by atoms with van der Waals surface area (Å²) in [4.78, 5) is 13.3. The quantitative estimate of drug-likeness (QED) is 0.0264. The molecule has 6 aliphatic carbocycles. The normalized spacial score (nSPS) is 30.1. The van der Waals surface area contributed by atoms with Crippen LogP contribution in [-0.2, 0) is 32.0 Å². The van der Waals surface area contributed by atoms with Crippen LogP contribution in [0.2, 0.25) is 36.3 Å². The van der Waals surface area contributed by atoms with Crippen molar-refractivity contribution in [2.75, 3.05) is 21.3 Å². The zero-order chi connectivity index (χ0) is 46.1. The highest BCUT2D eigenvalue weighted by Crippen LogP contribution is 2.68. The summed E-state index contributed by atoms with van der Waals surface area (Å²) in [6, 6.07) is 0. The average Bonchev–Trinajstić information content (AvgIpc) is 4.05. The highest BCUT2D eigenvalue weighted by atomic mass is 31.2. The lowest BCUT2D eigenvalue weighted by Gasteiger charge is -2.49. The van der Waals surface area contributed by atoms with Crippen molar-refractivity contribution < 1.29 is 36.8 Å². The van der Waals surface area contributed by atoms with Crippen molar-refractivity contribution in [1.29, 1.82) is 0 Å². The lowest BCUT2D eigenvalue weighted by molar-refractivity contribution is -0.114. The molecule has 6 rings (SSSR count). The van der Waals surface area contributed by atoms with Gasteiger partial charge in [0.15, 0.2) is 16.6 Å². The zero-order valence-electron chi connectivity index (χ0n) is 41.1. The highest BCUT2D eigenvalue weighted by Gasteiger charge is 2.60. The van der Waals surface area contributed by atoms with Gasteiger partial charge < -0.3 is 28.2 Å². The summed E-state index contributed by atoms with van der Waals surface area (Å²) >= 11 is 0. The van der Waals surface area contributed by atoms with Crippen molar-refractivity contribution in [2.45, 2.75) is 194 Å². The molecule has 6 atom stereocenters. The minimum absolute atomic E-state index is 0.286. The fourth-order valence-electron chi connectivity index (χ4n) is 10.7. The molecule has 0 heterocycles. The smallest absolute Gasteiger partial charge is 0.446 e. The number of rotatable bonds is 13. The van der Waals surface area contributed by atoms with Crippen molar-refractivity contribution in [3.63, 3.8) is 0 Å². The van der Waals surface area contributed by atoms with Gasteiger partial charge in [0, 0.05) is 50.6 Å². The van der Waals surface area contributed by atoms with Gasteiger partial charge in [0.25, 0.3) is 0 Å². The fourth-order valence-corrected chi connectivity index (χ4v) is 14.5. The van der Waals surface area contributed by atoms with Crippen LogP contribution in [-0.4, -0.2) is 66.2 Å². The van der Waals surface area contributed by atoms with Crippen LogP contribution in [0.25, 0.3) is 5.53 Å². The number of nitrogens with zero attached hydrogens (tertiary/aromatic N) is 2. The van der Waals surface area contributed by atoms with E-state index < -0.39 is 35.5 Å². The summed E-state index contributed by atoms with van der Waals surface area (Å²) in [6.07, 6.45) is 32.2. The average molecular weight is 899 g/mol. The molecule has 61 heavy (non-hydrogen) atoms. The number of hydrogen-bond acceptors (Lipinski definition) is 7. The molecule has 0 aromatic carbocycles. The minimum Gasteiger partial charge on any atom is -0.505 e. The maximum Gasteiger partial charge on any atom is 0.446 e. The summed E-state index contributed by atoms with van der Waals surface area (Å²) < 4.78 is 39.3. The molecule has 12 heteroatoms. The number of hydrogen-bond donors (Lipinski definition) is 0. The largest absolute Gasteiger partial charge is 0.505 e. The van der Waals surface area contributed by atoms with Gasteiger partial charge in [-0.05, 0) is 129 Å². The Morgan fingerprint density at radius 1 is 0.836 bits per heavy atom. The second-order valence-electron chi connectivity index (χ2n) is 22.6. The van der Waals surface area contributed by atoms with E-state index >= 15 is 0 Å². The zero-order valence-corrected chi connectivity index (χ0v) is 44.0. The van der Waals surface area contributed by atoms with E-state index in [2.05, 4.69) is 120 Å². The van der Waals surface area contributed by atoms with Gasteiger partial charge in [-0.25, -0.2) is 4.57 Å². The first-order chi connectivity index (χ1) is 28.1. The van der Waals surface area contributed by atoms with Gasteiger partial charge in [0.05, 0.1) is 13.4 Å². The maximum absolute atomic E-state index is 11.4. The van der Waals surface area contributed by atoms with Crippen LogP contribution in [0.1, 0.15) is 146 Å². The molecule has 4 saturated carbocycles. The molecule has 0 saturated heterocycles. The Balaban J connectivity index is 0.000000215. The van der Waals surface area contributed by atoms with Crippen LogP contribution in [0.5, 0.6) is 0 Å². The van der Waals surface area contributed by atoms with Gasteiger partial charge in [0.1, 0.15) is 0 Å². The van der Waals surface area contributed by atoms with Gasteiger partial charge in [-0.2, -0.15) is 4.79 Å². The number of terminal acetylenes is 1. The molecule has 2 unspecified atom stereocenters. The molecule has 0 spiro atoms. The second-order valence-corrected chi connectivity index (χ2v) is 34.2. The van der Waals surface area contributed by atoms with E-state index in [1.54, 1.807) is 18.3 Å². The van der Waals surface area contributed by atoms with Gasteiger partial charge in [-0.3, -0.25) is 4.79 Å². The van der Waals surface area contributed by atoms with E-state index in [4.69, 9.17) is 25.5 Å². The van der Waals surface area contributed by atoms with Crippen molar-refractivity contribution in [2.24, 2.45) is 33.5 Å². The summed E-state index contributed by atoms with van der Waals surface area (Å²) in [5, 5.41) is 0.575. The van der Waals surface area contributed by atoms with E-state index in [0.717, 1.165) is 27.6 Å². The molecule has 0 radical (unpaired) electrons. The molecule has 0 bridgehead atoms. The van der Waals surface area contributed by atoms with Crippen LogP contribution in [0, 0.1) is 45.8 Å². The number of allylic oxidation sites excluding steroid dienone is 5. The molecule has 0 aromatic heterocycles. The lowest BCUT2D eigenvalue weighted by Crippen LogP contribution is -2.49. The highest BCUT2D eigenvalue weighted by molar-refractivity contribution is 7.74. The van der Waals surface area contributed by atoms with E-state index in [1.807, 2.05) is 6.26 Å². The molecule has 344 valence electrons. The first-order valence-corrected chi connectivity index (χ1v) is 30.4. The molecule has 0 N–H and O–H groups in total. The molecule has 9 nitrogen and oxygen atoms in total. The van der Waals surface area contributed by atoms with Gasteiger partial charge >= 0.3 is 13.0 Å². The first kappa shape index (κ1) is 51.8. The number of carbonyl (C=O) groups is 1. The molecule has 6 aliphatic rings. The third-order valence-corrected chi connectivity index (χ3v) is 27.5. The van der Waals surface area contributed by atoms with E-state index in [1.165, 1.54) is 77.0 Å². The van der Waals surface area contributed by atoms with Crippen LogP contribution in [0.3, 0.4) is 0 Å². The third-order valence-electron chi connectivity index (χ3n) is 16.7. The molecule has 4 fully saturated rings. The van der Waals surface area contributed by atoms with E-state index in [0.29, 0.717) is 45.7 Å². The van der Waals surface area contributed by atoms with Crippen LogP contribution >= 0.6 is 7.60 Å². The molecular formula is C49H83N2O7PSi2. The Morgan fingerprint density at radius 3 is 1.61 bits per heavy atom. The molecular weight excluding hydrogens is 816 g/mol. The predicted molar refractivity (Wildman–Crippen MR) is 254 cm³/mol. The van der Waals surface area contributed by atoms with Crippen molar-refractivity contribution in [3.05, 3.63) is 41.2 Å². The van der Waals surface area contributed by atoms with Crippen LogP contribution in [0.15, 0.2) is 35.6 Å². The fraction of sp³-hybridized carbons (Fsp3) is 0.796. The Kier molecular flexibility index (Phi) is 16.1. The number of ether oxygens (including phenoxy) is 1. The molecule has 0 aromatic rings. The number of Topliss-reactive ketones (excluding diaryl/α,β-unsaturated/α-hetero) is 1. The van der Waals surface area contributed by atoms with Gasteiger partial charge in [0.2, 0.25) is 5.78 Å². The van der Waals surface area contributed by atoms with Crippen LogP contribution < -0.4 is 0 Å². The SMILES string of the molecule is C#CCC1(C2=CCC3[C@@H](O[Si](C)(C)C(C)(C)C)CCC[C@]23C)CC1.COC=CC1(C2=CCC3[C@@H](O[Si](C)(C)C(C)(C)C)CCC[C@]23C)CC1.COP(=O)(OC)C(=[N+]=[N-])C(C)=O. The molecule has 0 amide bonds. The van der Waals surface area contributed by atoms with Gasteiger partial charge in [-0.15, -0.1) is 12.3 Å². The van der Waals surface area contributed by atoms with Crippen molar-refractivity contribution in [1.82, 2.24) is 0 Å². The van der Waals surface area contributed by atoms with E-state index in [9.17, 15) is 9.36 Å². The first-order valence-electron chi connectivity index (χ1n) is 23.0. The number of fused-ring (bicyclic) bond motifs is 2. The Labute approximate surface area is 373 Å². The number of ketones is 1. The summed E-state index contributed by atoms with van der Waals surface area (Å²) in [6.45, 7) is 29.9. The predicted octanol–water partition coefficient (Wildman–Crippen LogP) is 13.5. The lowest BCUT2D eigenvalue weighted by atomic mass is 9.62. The number of carbonyl (C=O) groups excluding carboxylic acids is 1. The Bertz CT molecular complexity index is 1830. The molecule has 0 aliphatic heterocycles. The van der Waals surface area contributed by atoms with Crippen molar-refractivity contribution >= 4 is 35.5 Å². The second kappa shape index (κ2) is 18.9. The monoisotopic (exact) mass is 899 g/mol. The maximum atomic E-state index is 11.4. The Morgan fingerprint density at radius 2 is 1.28 bits per heavy atom. The Hall–Kier alpha value is -1.87. The summed E-state index contributed by atoms with van der Waals surface area (Å²) in [7, 11) is -3.18. The van der Waals surface area contributed by atoms with Crippen molar-refractivity contribution in [3.8, 4) is 12.3 Å². The third kappa shape index (κ3) is 10.7. The number of methoxy groups -OCH3 is 1. The standard InChI is InChI=1S/C22H38O2Si.C22H36OSi.C5H9N2O4P/c1-20(2,3)25(6,7)24-18-9-8-12-21(4)17(18)10-11-19(21)22(13-14-22)15-16-23-5;1-8-13-22(15-16-22)19-12-11-17-18(10-9-14-21(17,19)5)23-24(6,7)20(2,3)4;1-4(8)5(7-6)12(9,10-2)11-3/h11,15-18H,8-10,12-14H2,1-7H3;1,12,17-18H,9-11,13-16H2,2-7H3;1-3H3/t2*17?,18-,21-;/m00./s1. The van der Waals surface area contributed by atoms with Crippen LogP contribution in [0.4, 0.5) is 0 Å². The topological polar surface area (TPSA) is 117 Å². The minimum atomic E-state index is -3.70. The summed E-state index contributed by atoms with van der Waals surface area (Å²) in [5.41, 5.74) is 12.4.